The molecule has 0 bridgehead atoms. The number of carbonyl (C=O) groups excluding carboxylic acids is 1. The molecule has 1 aromatic rings. The summed E-state index contributed by atoms with van der Waals surface area (Å²) < 4.78 is 5.15. The van der Waals surface area contributed by atoms with Gasteiger partial charge in [-0.05, 0) is 26.3 Å². The number of aromatic nitrogens is 2. The zero-order valence-corrected chi connectivity index (χ0v) is 16.1. The molecule has 0 spiro atoms. The first-order valence-corrected chi connectivity index (χ1v) is 9.65. The molecular formula is C19H31N5O2. The highest BCUT2D eigenvalue weighted by Gasteiger charge is 2.31. The Labute approximate surface area is 156 Å². The van der Waals surface area contributed by atoms with E-state index in [1.54, 1.807) is 7.11 Å². The maximum atomic E-state index is 12.9. The van der Waals surface area contributed by atoms with Crippen LogP contribution in [-0.4, -0.2) is 90.1 Å². The van der Waals surface area contributed by atoms with Crippen LogP contribution >= 0.6 is 0 Å². The molecule has 1 amide bonds. The molecule has 0 saturated carbocycles. The van der Waals surface area contributed by atoms with Crippen LogP contribution in [0.1, 0.15) is 24.2 Å². The number of likely N-dealkylation sites (tertiary alicyclic amines) is 1. The Bertz CT molecular complexity index is 580. The van der Waals surface area contributed by atoms with E-state index in [9.17, 15) is 4.79 Å². The Hall–Kier alpha value is -1.57. The van der Waals surface area contributed by atoms with Gasteiger partial charge in [0, 0.05) is 65.3 Å². The lowest BCUT2D eigenvalue weighted by molar-refractivity contribution is -0.135. The molecule has 0 N–H and O–H groups in total. The van der Waals surface area contributed by atoms with Crippen LogP contribution < -0.4 is 0 Å². The molecule has 1 unspecified atom stereocenters. The van der Waals surface area contributed by atoms with Crippen LogP contribution in [0.3, 0.4) is 0 Å². The van der Waals surface area contributed by atoms with Crippen molar-refractivity contribution in [2.45, 2.75) is 26.3 Å². The van der Waals surface area contributed by atoms with Crippen molar-refractivity contribution >= 4 is 5.91 Å². The van der Waals surface area contributed by atoms with Crippen molar-refractivity contribution in [2.24, 2.45) is 5.92 Å². The average molecular weight is 361 g/mol. The molecule has 2 aliphatic rings. The molecule has 7 heteroatoms. The van der Waals surface area contributed by atoms with E-state index in [1.807, 2.05) is 19.3 Å². The summed E-state index contributed by atoms with van der Waals surface area (Å²) in [6.07, 6.45) is 5.67. The zero-order chi connectivity index (χ0) is 18.4. The summed E-state index contributed by atoms with van der Waals surface area (Å²) in [5, 5.41) is 0. The summed E-state index contributed by atoms with van der Waals surface area (Å²) in [6.45, 7) is 9.89. The summed E-state index contributed by atoms with van der Waals surface area (Å²) >= 11 is 0. The van der Waals surface area contributed by atoms with Crippen molar-refractivity contribution in [3.05, 3.63) is 23.8 Å². The third-order valence-corrected chi connectivity index (χ3v) is 5.35. The molecule has 7 nitrogen and oxygen atoms in total. The van der Waals surface area contributed by atoms with Gasteiger partial charge in [-0.15, -0.1) is 0 Å². The maximum Gasteiger partial charge on any atom is 0.227 e. The number of rotatable bonds is 6. The van der Waals surface area contributed by atoms with Crippen molar-refractivity contribution in [1.29, 1.82) is 0 Å². The minimum Gasteiger partial charge on any atom is -0.383 e. The predicted octanol–water partition coefficient (Wildman–Crippen LogP) is 0.788. The number of nitrogens with zero attached hydrogens (tertiary/aromatic N) is 5. The van der Waals surface area contributed by atoms with Gasteiger partial charge < -0.3 is 14.5 Å². The molecule has 2 fully saturated rings. The number of methoxy groups -OCH3 is 1. The van der Waals surface area contributed by atoms with Crippen LogP contribution in [0, 0.1) is 12.8 Å². The second-order valence-corrected chi connectivity index (χ2v) is 7.38. The molecule has 3 heterocycles. The number of hydrogen-bond donors (Lipinski definition) is 0. The van der Waals surface area contributed by atoms with Crippen molar-refractivity contribution < 1.29 is 9.53 Å². The van der Waals surface area contributed by atoms with E-state index >= 15 is 0 Å². The quantitative estimate of drug-likeness (QED) is 0.747. The van der Waals surface area contributed by atoms with Gasteiger partial charge >= 0.3 is 0 Å². The van der Waals surface area contributed by atoms with Crippen LogP contribution in [0.25, 0.3) is 0 Å². The van der Waals surface area contributed by atoms with Gasteiger partial charge in [0.2, 0.25) is 5.91 Å². The van der Waals surface area contributed by atoms with E-state index in [-0.39, 0.29) is 5.92 Å². The zero-order valence-electron chi connectivity index (χ0n) is 16.1. The SMILES string of the molecule is COCCN1CCC(C(=O)N2CCCN(Cc3cnc(C)cn3)CC2)C1. The fourth-order valence-corrected chi connectivity index (χ4v) is 3.80. The summed E-state index contributed by atoms with van der Waals surface area (Å²) in [4.78, 5) is 28.5. The summed E-state index contributed by atoms with van der Waals surface area (Å²) in [5.74, 6) is 0.489. The predicted molar refractivity (Wildman–Crippen MR) is 99.7 cm³/mol. The van der Waals surface area contributed by atoms with Crippen molar-refractivity contribution in [1.82, 2.24) is 24.7 Å². The first-order valence-electron chi connectivity index (χ1n) is 9.65. The summed E-state index contributed by atoms with van der Waals surface area (Å²) in [6, 6.07) is 0. The van der Waals surface area contributed by atoms with Crippen molar-refractivity contribution in [3.8, 4) is 0 Å². The van der Waals surface area contributed by atoms with E-state index in [4.69, 9.17) is 4.74 Å². The summed E-state index contributed by atoms with van der Waals surface area (Å²) in [7, 11) is 1.73. The first-order chi connectivity index (χ1) is 12.7. The van der Waals surface area contributed by atoms with Crippen LogP contribution in [0.15, 0.2) is 12.4 Å². The molecule has 144 valence electrons. The van der Waals surface area contributed by atoms with Gasteiger partial charge in [0.25, 0.3) is 0 Å². The Morgan fingerprint density at radius 1 is 1.15 bits per heavy atom. The smallest absolute Gasteiger partial charge is 0.227 e. The van der Waals surface area contributed by atoms with Gasteiger partial charge in [-0.2, -0.15) is 0 Å². The molecule has 1 atom stereocenters. The number of aryl methyl sites for hydroxylation is 1. The third kappa shape index (κ3) is 5.22. The Balaban J connectivity index is 1.47. The molecule has 0 radical (unpaired) electrons. The molecule has 0 aromatic carbocycles. The lowest BCUT2D eigenvalue weighted by Crippen LogP contribution is -2.40. The van der Waals surface area contributed by atoms with Gasteiger partial charge in [-0.3, -0.25) is 19.7 Å². The first kappa shape index (κ1) is 19.2. The van der Waals surface area contributed by atoms with E-state index in [0.717, 1.165) is 83.2 Å². The van der Waals surface area contributed by atoms with E-state index in [1.165, 1.54) is 0 Å². The largest absolute Gasteiger partial charge is 0.383 e. The van der Waals surface area contributed by atoms with Gasteiger partial charge in [-0.1, -0.05) is 0 Å². The molecule has 0 aliphatic carbocycles. The number of amides is 1. The Morgan fingerprint density at radius 3 is 2.81 bits per heavy atom. The topological polar surface area (TPSA) is 61.8 Å². The second kappa shape index (κ2) is 9.39. The Kier molecular flexibility index (Phi) is 6.93. The third-order valence-electron chi connectivity index (χ3n) is 5.35. The molecule has 1 aromatic heterocycles. The molecular weight excluding hydrogens is 330 g/mol. The van der Waals surface area contributed by atoms with Crippen LogP contribution in [0.5, 0.6) is 0 Å². The molecule has 2 aliphatic heterocycles. The van der Waals surface area contributed by atoms with E-state index in [2.05, 4.69) is 24.7 Å². The van der Waals surface area contributed by atoms with Crippen molar-refractivity contribution in [2.75, 3.05) is 59.5 Å². The van der Waals surface area contributed by atoms with Gasteiger partial charge in [0.15, 0.2) is 0 Å². The monoisotopic (exact) mass is 361 g/mol. The standard InChI is InChI=1S/C19H31N5O2/c1-16-12-21-18(13-20-16)15-22-5-3-6-24(9-8-22)19(25)17-4-7-23(14-17)10-11-26-2/h12-13,17H,3-11,14-15H2,1-2H3. The average Bonchev–Trinajstić information content (AvgIpc) is 3.00. The maximum absolute atomic E-state index is 12.9. The van der Waals surface area contributed by atoms with Gasteiger partial charge in [0.05, 0.1) is 23.9 Å². The molecule has 2 saturated heterocycles. The molecule has 3 rings (SSSR count). The lowest BCUT2D eigenvalue weighted by Gasteiger charge is -2.24. The van der Waals surface area contributed by atoms with Gasteiger partial charge in [0.1, 0.15) is 0 Å². The lowest BCUT2D eigenvalue weighted by atomic mass is 10.1. The van der Waals surface area contributed by atoms with E-state index in [0.29, 0.717) is 5.91 Å². The fraction of sp³-hybridized carbons (Fsp3) is 0.737. The van der Waals surface area contributed by atoms with Crippen molar-refractivity contribution in [3.63, 3.8) is 0 Å². The number of carbonyl (C=O) groups is 1. The van der Waals surface area contributed by atoms with E-state index < -0.39 is 0 Å². The van der Waals surface area contributed by atoms with Crippen LogP contribution in [-0.2, 0) is 16.1 Å². The summed E-state index contributed by atoms with van der Waals surface area (Å²) in [5.41, 5.74) is 1.94. The highest BCUT2D eigenvalue weighted by atomic mass is 16.5. The highest BCUT2D eigenvalue weighted by Crippen LogP contribution is 2.19. The van der Waals surface area contributed by atoms with Crippen LogP contribution in [0.4, 0.5) is 0 Å². The van der Waals surface area contributed by atoms with Crippen LogP contribution in [0.2, 0.25) is 0 Å². The minimum absolute atomic E-state index is 0.154. The Morgan fingerprint density at radius 2 is 2.04 bits per heavy atom. The fourth-order valence-electron chi connectivity index (χ4n) is 3.80. The number of hydrogen-bond acceptors (Lipinski definition) is 6. The highest BCUT2D eigenvalue weighted by molar-refractivity contribution is 5.79. The minimum atomic E-state index is 0.154. The van der Waals surface area contributed by atoms with Gasteiger partial charge in [-0.25, -0.2) is 0 Å². The number of ether oxygens (including phenoxy) is 1. The second-order valence-electron chi connectivity index (χ2n) is 7.38. The normalized spacial score (nSPS) is 22.5. The molecule has 26 heavy (non-hydrogen) atoms.